The predicted molar refractivity (Wildman–Crippen MR) is 69.8 cm³/mol. The first-order valence-corrected chi connectivity index (χ1v) is 5.99. The van der Waals surface area contributed by atoms with Crippen LogP contribution in [0.5, 0.6) is 0 Å². The molecule has 0 fully saturated rings. The minimum Gasteiger partial charge on any atom is -0.379 e. The minimum atomic E-state index is -0.0985. The highest BCUT2D eigenvalue weighted by molar-refractivity contribution is 5.78. The van der Waals surface area contributed by atoms with Gasteiger partial charge >= 0.3 is 0 Å². The molecule has 2 N–H and O–H groups in total. The average Bonchev–Trinajstić information content (AvgIpc) is 2.38. The lowest BCUT2D eigenvalue weighted by molar-refractivity contribution is 0.121. The van der Waals surface area contributed by atoms with Crippen LogP contribution in [0.25, 0.3) is 10.9 Å². The Morgan fingerprint density at radius 3 is 3.00 bits per heavy atom. The van der Waals surface area contributed by atoms with E-state index in [1.54, 1.807) is 0 Å². The fourth-order valence-corrected chi connectivity index (χ4v) is 1.74. The number of benzene rings is 1. The van der Waals surface area contributed by atoms with E-state index in [0.29, 0.717) is 6.61 Å². The Labute approximate surface area is 102 Å². The maximum absolute atomic E-state index is 6.06. The molecule has 2 rings (SSSR count). The number of rotatable bonds is 5. The Kier molecular flexibility index (Phi) is 4.07. The molecule has 17 heavy (non-hydrogen) atoms. The van der Waals surface area contributed by atoms with Crippen LogP contribution in [-0.2, 0) is 4.74 Å². The van der Waals surface area contributed by atoms with Gasteiger partial charge in [-0.2, -0.15) is 0 Å². The van der Waals surface area contributed by atoms with Crippen LogP contribution in [0.4, 0.5) is 0 Å². The molecule has 1 heterocycles. The predicted octanol–water partition coefficient (Wildman–Crippen LogP) is 2.66. The van der Waals surface area contributed by atoms with Crippen molar-refractivity contribution in [2.45, 2.75) is 19.4 Å². The van der Waals surface area contributed by atoms with Crippen molar-refractivity contribution in [3.05, 3.63) is 42.1 Å². The molecule has 0 spiro atoms. The number of nitrogens with two attached hydrogens (primary N) is 1. The molecule has 0 amide bonds. The van der Waals surface area contributed by atoms with Gasteiger partial charge in [0.15, 0.2) is 0 Å². The zero-order chi connectivity index (χ0) is 12.1. The molecule has 0 saturated heterocycles. The first kappa shape index (κ1) is 12.0. The Morgan fingerprint density at radius 2 is 2.18 bits per heavy atom. The summed E-state index contributed by atoms with van der Waals surface area (Å²) < 4.78 is 5.46. The van der Waals surface area contributed by atoms with E-state index < -0.39 is 0 Å². The largest absolute Gasteiger partial charge is 0.379 e. The lowest BCUT2D eigenvalue weighted by atomic mass is 10.1. The summed E-state index contributed by atoms with van der Waals surface area (Å²) in [7, 11) is 0. The maximum atomic E-state index is 6.06. The lowest BCUT2D eigenvalue weighted by Gasteiger charge is -2.12. The summed E-state index contributed by atoms with van der Waals surface area (Å²) in [5.41, 5.74) is 8.09. The molecule has 1 unspecified atom stereocenters. The van der Waals surface area contributed by atoms with E-state index in [9.17, 15) is 0 Å². The molecule has 0 aliphatic rings. The van der Waals surface area contributed by atoms with E-state index in [1.165, 1.54) is 0 Å². The number of nitrogens with zero attached hydrogens (tertiary/aromatic N) is 1. The molecule has 0 aliphatic heterocycles. The third kappa shape index (κ3) is 3.02. The van der Waals surface area contributed by atoms with Crippen LogP contribution in [0.15, 0.2) is 36.5 Å². The molecular formula is C14H18N2O. The fraction of sp³-hybridized carbons (Fsp3) is 0.357. The van der Waals surface area contributed by atoms with E-state index in [4.69, 9.17) is 10.5 Å². The van der Waals surface area contributed by atoms with Gasteiger partial charge in [0.2, 0.25) is 0 Å². The van der Waals surface area contributed by atoms with Crippen LogP contribution in [0, 0.1) is 0 Å². The second-order valence-electron chi connectivity index (χ2n) is 4.14. The van der Waals surface area contributed by atoms with E-state index in [-0.39, 0.29) is 6.04 Å². The summed E-state index contributed by atoms with van der Waals surface area (Å²) in [6.07, 6.45) is 2.85. The van der Waals surface area contributed by atoms with Crippen LogP contribution in [-0.4, -0.2) is 18.2 Å². The second kappa shape index (κ2) is 5.75. The van der Waals surface area contributed by atoms with Gasteiger partial charge in [0.1, 0.15) is 0 Å². The van der Waals surface area contributed by atoms with Crippen molar-refractivity contribution in [2.75, 3.05) is 13.2 Å². The highest BCUT2D eigenvalue weighted by Crippen LogP contribution is 2.16. The van der Waals surface area contributed by atoms with E-state index in [1.807, 2.05) is 30.5 Å². The van der Waals surface area contributed by atoms with Crippen molar-refractivity contribution in [1.82, 2.24) is 4.98 Å². The maximum Gasteiger partial charge on any atom is 0.0702 e. The van der Waals surface area contributed by atoms with Crippen molar-refractivity contribution in [3.8, 4) is 0 Å². The summed E-state index contributed by atoms with van der Waals surface area (Å²) in [4.78, 5) is 4.39. The quantitative estimate of drug-likeness (QED) is 0.803. The molecule has 2 aromatic rings. The van der Waals surface area contributed by atoms with E-state index in [0.717, 1.165) is 29.5 Å². The highest BCUT2D eigenvalue weighted by atomic mass is 16.5. The van der Waals surface area contributed by atoms with Gasteiger partial charge in [-0.15, -0.1) is 0 Å². The van der Waals surface area contributed by atoms with E-state index >= 15 is 0 Å². The first-order valence-electron chi connectivity index (χ1n) is 5.99. The summed E-state index contributed by atoms with van der Waals surface area (Å²) >= 11 is 0. The van der Waals surface area contributed by atoms with Crippen LogP contribution in [0.2, 0.25) is 0 Å². The number of fused-ring (bicyclic) bond motifs is 1. The second-order valence-corrected chi connectivity index (χ2v) is 4.14. The summed E-state index contributed by atoms with van der Waals surface area (Å²) in [6, 6.07) is 10.0. The third-order valence-corrected chi connectivity index (χ3v) is 2.69. The SMILES string of the molecule is CCCOCC(N)c1cnc2ccccc2c1. The lowest BCUT2D eigenvalue weighted by Crippen LogP contribution is -2.17. The Bertz CT molecular complexity index is 484. The number of hydrogen-bond donors (Lipinski definition) is 1. The van der Waals surface area contributed by atoms with Crippen LogP contribution in [0.3, 0.4) is 0 Å². The molecule has 0 bridgehead atoms. The molecule has 0 radical (unpaired) electrons. The third-order valence-electron chi connectivity index (χ3n) is 2.69. The molecule has 90 valence electrons. The molecular weight excluding hydrogens is 212 g/mol. The monoisotopic (exact) mass is 230 g/mol. The van der Waals surface area contributed by atoms with Crippen LogP contribution in [0.1, 0.15) is 24.9 Å². The number of pyridine rings is 1. The van der Waals surface area contributed by atoms with Crippen molar-refractivity contribution in [3.63, 3.8) is 0 Å². The van der Waals surface area contributed by atoms with Gasteiger partial charge in [0.05, 0.1) is 18.2 Å². The van der Waals surface area contributed by atoms with Gasteiger partial charge in [0.25, 0.3) is 0 Å². The standard InChI is InChI=1S/C14H18N2O/c1-2-7-17-10-13(15)12-8-11-5-3-4-6-14(11)16-9-12/h3-6,8-9,13H,2,7,10,15H2,1H3. The Hall–Kier alpha value is -1.45. The average molecular weight is 230 g/mol. The van der Waals surface area contributed by atoms with Gasteiger partial charge < -0.3 is 10.5 Å². The Balaban J connectivity index is 2.12. The number of aromatic nitrogens is 1. The van der Waals surface area contributed by atoms with E-state index in [2.05, 4.69) is 18.0 Å². The molecule has 3 nitrogen and oxygen atoms in total. The molecule has 1 aromatic heterocycles. The van der Waals surface area contributed by atoms with Gasteiger partial charge in [-0.3, -0.25) is 4.98 Å². The van der Waals surface area contributed by atoms with Crippen molar-refractivity contribution >= 4 is 10.9 Å². The van der Waals surface area contributed by atoms with Gasteiger partial charge in [-0.05, 0) is 24.1 Å². The Morgan fingerprint density at radius 1 is 1.35 bits per heavy atom. The highest BCUT2D eigenvalue weighted by Gasteiger charge is 2.07. The minimum absolute atomic E-state index is 0.0985. The van der Waals surface area contributed by atoms with Crippen molar-refractivity contribution in [2.24, 2.45) is 5.73 Å². The molecule has 1 aromatic carbocycles. The van der Waals surface area contributed by atoms with Crippen molar-refractivity contribution in [1.29, 1.82) is 0 Å². The summed E-state index contributed by atoms with van der Waals surface area (Å²) in [5, 5.41) is 1.12. The molecule has 3 heteroatoms. The summed E-state index contributed by atoms with van der Waals surface area (Å²) in [5.74, 6) is 0. The topological polar surface area (TPSA) is 48.1 Å². The molecule has 0 aliphatic carbocycles. The molecule has 1 atom stereocenters. The zero-order valence-electron chi connectivity index (χ0n) is 10.1. The summed E-state index contributed by atoms with van der Waals surface area (Å²) in [6.45, 7) is 3.39. The van der Waals surface area contributed by atoms with Gasteiger partial charge in [-0.1, -0.05) is 25.1 Å². The smallest absolute Gasteiger partial charge is 0.0702 e. The van der Waals surface area contributed by atoms with Crippen molar-refractivity contribution < 1.29 is 4.74 Å². The number of hydrogen-bond acceptors (Lipinski definition) is 3. The van der Waals surface area contributed by atoms with Crippen LogP contribution < -0.4 is 5.73 Å². The first-order chi connectivity index (χ1) is 8.31. The molecule has 0 saturated carbocycles. The van der Waals surface area contributed by atoms with Gasteiger partial charge in [0, 0.05) is 18.2 Å². The van der Waals surface area contributed by atoms with Gasteiger partial charge in [-0.25, -0.2) is 0 Å². The fourth-order valence-electron chi connectivity index (χ4n) is 1.74. The zero-order valence-corrected chi connectivity index (χ0v) is 10.1. The number of para-hydroxylation sites is 1. The van der Waals surface area contributed by atoms with Crippen LogP contribution >= 0.6 is 0 Å². The number of ether oxygens (including phenoxy) is 1. The normalized spacial score (nSPS) is 12.8.